The molecular weight excluding hydrogens is 400 g/mol. The first-order valence-electron chi connectivity index (χ1n) is 9.91. The van der Waals surface area contributed by atoms with Crippen molar-refractivity contribution in [2.24, 2.45) is 5.92 Å². The van der Waals surface area contributed by atoms with E-state index >= 15 is 0 Å². The van der Waals surface area contributed by atoms with E-state index in [0.29, 0.717) is 17.7 Å². The van der Waals surface area contributed by atoms with Crippen LogP contribution in [0.3, 0.4) is 0 Å². The second-order valence-corrected chi connectivity index (χ2v) is 7.20. The highest BCUT2D eigenvalue weighted by molar-refractivity contribution is 5.98. The molecule has 3 N–H and O–H groups in total. The van der Waals surface area contributed by atoms with E-state index in [1.807, 2.05) is 13.0 Å². The zero-order valence-electron chi connectivity index (χ0n) is 17.0. The molecule has 0 saturated carbocycles. The van der Waals surface area contributed by atoms with Gasteiger partial charge in [0, 0.05) is 17.8 Å². The van der Waals surface area contributed by atoms with Crippen molar-refractivity contribution in [3.8, 4) is 0 Å². The lowest BCUT2D eigenvalue weighted by Crippen LogP contribution is -2.48. The van der Waals surface area contributed by atoms with Crippen LogP contribution in [0.5, 0.6) is 0 Å². The lowest BCUT2D eigenvalue weighted by Gasteiger charge is -2.33. The van der Waals surface area contributed by atoms with Gasteiger partial charge in [-0.2, -0.15) is 0 Å². The first kappa shape index (κ1) is 22.1. The Hall–Kier alpha value is -3.56. The van der Waals surface area contributed by atoms with E-state index in [9.17, 15) is 24.8 Å². The number of carbonyl (C=O) groups excluding carboxylic acids is 2. The minimum absolute atomic E-state index is 0.0649. The second kappa shape index (κ2) is 9.96. The van der Waals surface area contributed by atoms with Gasteiger partial charge in [0.15, 0.2) is 0 Å². The third-order valence-corrected chi connectivity index (χ3v) is 5.07. The van der Waals surface area contributed by atoms with Crippen molar-refractivity contribution in [1.82, 2.24) is 10.3 Å². The van der Waals surface area contributed by atoms with E-state index < -0.39 is 34.8 Å². The molecule has 0 aliphatic carbocycles. The highest BCUT2D eigenvalue weighted by atomic mass is 16.6. The standard InChI is InChI=1S/C22H24N4O5/c1-2-15-8-13-19(21(28)16-6-4-3-5-7-16)25(14-20(27)23-22(15)29)24-17-9-11-18(12-10-17)26(30)31/h3-13,15,19,21,24,28H,2,14H2,1H3,(H,23,27,29)/b13-8-. The van der Waals surface area contributed by atoms with Crippen molar-refractivity contribution in [2.45, 2.75) is 25.5 Å². The summed E-state index contributed by atoms with van der Waals surface area (Å²) in [6.07, 6.45) is 2.90. The molecule has 0 aromatic heterocycles. The van der Waals surface area contributed by atoms with Gasteiger partial charge in [-0.3, -0.25) is 25.0 Å². The second-order valence-electron chi connectivity index (χ2n) is 7.20. The van der Waals surface area contributed by atoms with Crippen molar-refractivity contribution in [3.05, 3.63) is 82.4 Å². The first-order chi connectivity index (χ1) is 14.9. The van der Waals surface area contributed by atoms with Gasteiger partial charge in [-0.05, 0) is 24.1 Å². The number of imide groups is 1. The highest BCUT2D eigenvalue weighted by Crippen LogP contribution is 2.25. The Balaban J connectivity index is 1.96. The maximum absolute atomic E-state index is 12.5. The van der Waals surface area contributed by atoms with E-state index in [-0.39, 0.29) is 12.2 Å². The molecule has 0 saturated heterocycles. The monoisotopic (exact) mass is 424 g/mol. The Labute approximate surface area is 179 Å². The van der Waals surface area contributed by atoms with Crippen LogP contribution in [-0.4, -0.2) is 39.4 Å². The topological polar surface area (TPSA) is 125 Å². The summed E-state index contributed by atoms with van der Waals surface area (Å²) in [6.45, 7) is 1.62. The summed E-state index contributed by atoms with van der Waals surface area (Å²) in [7, 11) is 0. The number of hydrogen-bond donors (Lipinski definition) is 3. The average Bonchev–Trinajstić information content (AvgIpc) is 2.81. The van der Waals surface area contributed by atoms with E-state index in [4.69, 9.17) is 0 Å². The van der Waals surface area contributed by atoms with Crippen molar-refractivity contribution in [1.29, 1.82) is 0 Å². The molecule has 2 aromatic rings. The van der Waals surface area contributed by atoms with Crippen LogP contribution in [0.25, 0.3) is 0 Å². The third kappa shape index (κ3) is 5.53. The normalized spacial score (nSPS) is 21.9. The van der Waals surface area contributed by atoms with Crippen LogP contribution in [-0.2, 0) is 9.59 Å². The first-order valence-corrected chi connectivity index (χ1v) is 9.91. The van der Waals surface area contributed by atoms with Crippen molar-refractivity contribution >= 4 is 23.2 Å². The molecular formula is C22H24N4O5. The smallest absolute Gasteiger partial charge is 0.269 e. The fourth-order valence-electron chi connectivity index (χ4n) is 3.35. The Morgan fingerprint density at radius 3 is 2.45 bits per heavy atom. The molecule has 9 nitrogen and oxygen atoms in total. The van der Waals surface area contributed by atoms with Gasteiger partial charge in [-0.15, -0.1) is 0 Å². The molecule has 1 aliphatic heterocycles. The van der Waals surface area contributed by atoms with E-state index in [1.54, 1.807) is 36.4 Å². The molecule has 9 heteroatoms. The highest BCUT2D eigenvalue weighted by Gasteiger charge is 2.30. The van der Waals surface area contributed by atoms with E-state index in [0.717, 1.165) is 0 Å². The molecule has 0 fully saturated rings. The number of rotatable bonds is 6. The van der Waals surface area contributed by atoms with Crippen molar-refractivity contribution < 1.29 is 19.6 Å². The van der Waals surface area contributed by atoms with E-state index in [1.165, 1.54) is 29.3 Å². The van der Waals surface area contributed by atoms with Crippen LogP contribution in [0, 0.1) is 16.0 Å². The molecule has 0 radical (unpaired) electrons. The molecule has 2 amide bonds. The summed E-state index contributed by atoms with van der Waals surface area (Å²) < 4.78 is 0. The average molecular weight is 424 g/mol. The lowest BCUT2D eigenvalue weighted by atomic mass is 9.98. The SMILES string of the molecule is CCC1/C=C\C(C(O)c2ccccc2)N(Nc2ccc([N+](=O)[O-])cc2)CC(=O)NC1=O. The molecule has 162 valence electrons. The summed E-state index contributed by atoms with van der Waals surface area (Å²) in [5.74, 6) is -1.42. The molecule has 1 aliphatic rings. The van der Waals surface area contributed by atoms with Gasteiger partial charge in [-0.1, -0.05) is 49.4 Å². The Kier molecular flexibility index (Phi) is 7.11. The van der Waals surface area contributed by atoms with Crippen molar-refractivity contribution in [2.75, 3.05) is 12.0 Å². The molecule has 3 atom stereocenters. The number of aliphatic hydroxyl groups excluding tert-OH is 1. The quantitative estimate of drug-likeness (QED) is 0.282. The maximum Gasteiger partial charge on any atom is 0.269 e. The van der Waals surface area contributed by atoms with E-state index in [2.05, 4.69) is 10.7 Å². The fourth-order valence-corrected chi connectivity index (χ4v) is 3.35. The number of aliphatic hydroxyl groups is 1. The van der Waals surface area contributed by atoms with Crippen LogP contribution in [0.1, 0.15) is 25.0 Å². The largest absolute Gasteiger partial charge is 0.386 e. The van der Waals surface area contributed by atoms with Gasteiger partial charge in [0.1, 0.15) is 0 Å². The third-order valence-electron chi connectivity index (χ3n) is 5.07. The minimum Gasteiger partial charge on any atom is -0.386 e. The zero-order valence-corrected chi connectivity index (χ0v) is 17.0. The van der Waals surface area contributed by atoms with Crippen LogP contribution >= 0.6 is 0 Å². The Morgan fingerprint density at radius 2 is 1.84 bits per heavy atom. The number of hydrogen-bond acceptors (Lipinski definition) is 7. The van der Waals surface area contributed by atoms with Crippen LogP contribution in [0.2, 0.25) is 0 Å². The Bertz CT molecular complexity index is 962. The summed E-state index contributed by atoms with van der Waals surface area (Å²) in [6, 6.07) is 14.0. The molecule has 3 unspecified atom stereocenters. The van der Waals surface area contributed by atoms with Gasteiger partial charge in [0.05, 0.1) is 29.5 Å². The van der Waals surface area contributed by atoms with Crippen LogP contribution < -0.4 is 10.7 Å². The Morgan fingerprint density at radius 1 is 1.16 bits per heavy atom. The lowest BCUT2D eigenvalue weighted by molar-refractivity contribution is -0.384. The molecule has 0 spiro atoms. The zero-order chi connectivity index (χ0) is 22.4. The van der Waals surface area contributed by atoms with Gasteiger partial charge in [0.25, 0.3) is 5.69 Å². The predicted octanol–water partition coefficient (Wildman–Crippen LogP) is 2.56. The van der Waals surface area contributed by atoms with Gasteiger partial charge in [0.2, 0.25) is 11.8 Å². The number of amides is 2. The number of non-ortho nitro benzene ring substituents is 1. The minimum atomic E-state index is -0.999. The van der Waals surface area contributed by atoms with Gasteiger partial charge >= 0.3 is 0 Å². The molecule has 31 heavy (non-hydrogen) atoms. The molecule has 2 aromatic carbocycles. The number of nitro groups is 1. The number of benzene rings is 2. The number of carbonyl (C=O) groups is 2. The number of anilines is 1. The van der Waals surface area contributed by atoms with Gasteiger partial charge in [-0.25, -0.2) is 5.01 Å². The predicted molar refractivity (Wildman–Crippen MR) is 115 cm³/mol. The summed E-state index contributed by atoms with van der Waals surface area (Å²) in [5.41, 5.74) is 4.12. The number of nitro benzene ring substituents is 1. The van der Waals surface area contributed by atoms with Crippen LogP contribution in [0.15, 0.2) is 66.7 Å². The number of nitrogens with zero attached hydrogens (tertiary/aromatic N) is 2. The summed E-state index contributed by atoms with van der Waals surface area (Å²) in [4.78, 5) is 35.2. The summed E-state index contributed by atoms with van der Waals surface area (Å²) >= 11 is 0. The number of nitrogens with one attached hydrogen (secondary N) is 2. The fraction of sp³-hybridized carbons (Fsp3) is 0.273. The molecule has 0 bridgehead atoms. The molecule has 1 heterocycles. The van der Waals surface area contributed by atoms with Crippen molar-refractivity contribution in [3.63, 3.8) is 0 Å². The number of hydrazine groups is 1. The molecule has 3 rings (SSSR count). The van der Waals surface area contributed by atoms with Crippen LogP contribution in [0.4, 0.5) is 11.4 Å². The summed E-state index contributed by atoms with van der Waals surface area (Å²) in [5, 5.41) is 25.9. The van der Waals surface area contributed by atoms with Gasteiger partial charge < -0.3 is 10.5 Å². The maximum atomic E-state index is 12.5.